The molecular weight excluding hydrogens is 352 g/mol. The molecule has 1 aromatic carbocycles. The molecule has 28 heavy (non-hydrogen) atoms. The summed E-state index contributed by atoms with van der Waals surface area (Å²) in [4.78, 5) is 11.4. The first-order valence-corrected chi connectivity index (χ1v) is 9.44. The van der Waals surface area contributed by atoms with Crippen LogP contribution in [0.25, 0.3) is 17.2 Å². The highest BCUT2D eigenvalue weighted by Gasteiger charge is 2.17. The summed E-state index contributed by atoms with van der Waals surface area (Å²) >= 11 is 0. The van der Waals surface area contributed by atoms with Crippen LogP contribution in [0.5, 0.6) is 0 Å². The summed E-state index contributed by atoms with van der Waals surface area (Å²) in [7, 11) is 0. The second-order valence-corrected chi connectivity index (χ2v) is 6.95. The molecule has 144 valence electrons. The lowest BCUT2D eigenvalue weighted by molar-refractivity contribution is 0.577. The molecule has 0 fully saturated rings. The third-order valence-electron chi connectivity index (χ3n) is 4.89. The molecule has 0 bridgehead atoms. The summed E-state index contributed by atoms with van der Waals surface area (Å²) in [6.45, 7) is 8.09. The van der Waals surface area contributed by atoms with Crippen LogP contribution in [0.2, 0.25) is 0 Å². The molecule has 0 aliphatic rings. The van der Waals surface area contributed by atoms with Gasteiger partial charge in [0.15, 0.2) is 11.4 Å². The van der Waals surface area contributed by atoms with E-state index in [0.29, 0.717) is 23.2 Å². The SMILES string of the molecule is CCCN(Cc1c(C)cccc1C)c1cc2nc(-c3ccco3)nn2c(N)n1. The van der Waals surface area contributed by atoms with Gasteiger partial charge in [-0.15, -0.1) is 5.10 Å². The molecule has 7 heteroatoms. The first kappa shape index (κ1) is 18.0. The van der Waals surface area contributed by atoms with Crippen molar-refractivity contribution in [3.63, 3.8) is 0 Å². The summed E-state index contributed by atoms with van der Waals surface area (Å²) in [5.41, 5.74) is 10.7. The quantitative estimate of drug-likeness (QED) is 0.547. The predicted octanol–water partition coefficient (Wildman–Crippen LogP) is 4.00. The summed E-state index contributed by atoms with van der Waals surface area (Å²) in [5.74, 6) is 2.20. The van der Waals surface area contributed by atoms with E-state index in [2.05, 4.69) is 58.9 Å². The smallest absolute Gasteiger partial charge is 0.225 e. The lowest BCUT2D eigenvalue weighted by Gasteiger charge is -2.25. The summed E-state index contributed by atoms with van der Waals surface area (Å²) in [6.07, 6.45) is 2.60. The van der Waals surface area contributed by atoms with Gasteiger partial charge in [0.1, 0.15) is 5.82 Å². The minimum Gasteiger partial charge on any atom is -0.461 e. The van der Waals surface area contributed by atoms with Crippen LogP contribution in [-0.4, -0.2) is 26.1 Å². The number of nitrogens with two attached hydrogens (primary N) is 1. The van der Waals surface area contributed by atoms with Gasteiger partial charge in [0, 0.05) is 19.2 Å². The van der Waals surface area contributed by atoms with Crippen LogP contribution in [0, 0.1) is 13.8 Å². The van der Waals surface area contributed by atoms with Crippen LogP contribution in [0.1, 0.15) is 30.0 Å². The van der Waals surface area contributed by atoms with E-state index in [4.69, 9.17) is 10.2 Å². The number of furan rings is 1. The summed E-state index contributed by atoms with van der Waals surface area (Å²) in [6, 6.07) is 11.9. The normalized spacial score (nSPS) is 11.2. The molecule has 0 saturated carbocycles. The number of rotatable bonds is 6. The number of benzene rings is 1. The number of aromatic nitrogens is 4. The number of anilines is 2. The van der Waals surface area contributed by atoms with Crippen molar-refractivity contribution in [1.29, 1.82) is 0 Å². The molecule has 0 saturated heterocycles. The van der Waals surface area contributed by atoms with Crippen molar-refractivity contribution in [2.24, 2.45) is 0 Å². The molecule has 0 atom stereocenters. The first-order valence-electron chi connectivity index (χ1n) is 9.44. The molecule has 0 radical (unpaired) electrons. The molecule has 3 aromatic heterocycles. The van der Waals surface area contributed by atoms with Crippen molar-refractivity contribution in [3.05, 3.63) is 59.4 Å². The minimum atomic E-state index is 0.306. The van der Waals surface area contributed by atoms with Gasteiger partial charge in [-0.1, -0.05) is 25.1 Å². The van der Waals surface area contributed by atoms with E-state index in [-0.39, 0.29) is 0 Å². The first-order chi connectivity index (χ1) is 13.6. The maximum absolute atomic E-state index is 6.20. The number of nitrogens with zero attached hydrogens (tertiary/aromatic N) is 5. The second-order valence-electron chi connectivity index (χ2n) is 6.95. The third kappa shape index (κ3) is 3.31. The maximum Gasteiger partial charge on any atom is 0.225 e. The Hall–Kier alpha value is -3.35. The van der Waals surface area contributed by atoms with Crippen molar-refractivity contribution in [1.82, 2.24) is 19.6 Å². The Kier molecular flexibility index (Phi) is 4.73. The minimum absolute atomic E-state index is 0.306. The fraction of sp³-hybridized carbons (Fsp3) is 0.286. The van der Waals surface area contributed by atoms with Gasteiger partial charge in [-0.3, -0.25) is 0 Å². The molecular formula is C21H24N6O. The monoisotopic (exact) mass is 376 g/mol. The lowest BCUT2D eigenvalue weighted by Crippen LogP contribution is -2.26. The Morgan fingerprint density at radius 1 is 1.11 bits per heavy atom. The van der Waals surface area contributed by atoms with Crippen LogP contribution in [0.15, 0.2) is 47.1 Å². The van der Waals surface area contributed by atoms with Gasteiger partial charge in [-0.2, -0.15) is 9.50 Å². The highest BCUT2D eigenvalue weighted by atomic mass is 16.3. The third-order valence-corrected chi connectivity index (χ3v) is 4.89. The van der Waals surface area contributed by atoms with E-state index in [9.17, 15) is 0 Å². The number of aryl methyl sites for hydroxylation is 2. The molecule has 0 aliphatic heterocycles. The fourth-order valence-corrected chi connectivity index (χ4v) is 3.40. The Morgan fingerprint density at radius 3 is 2.57 bits per heavy atom. The second kappa shape index (κ2) is 7.34. The number of nitrogen functional groups attached to an aromatic ring is 1. The Labute approximate surface area is 163 Å². The average molecular weight is 376 g/mol. The molecule has 3 heterocycles. The van der Waals surface area contributed by atoms with Gasteiger partial charge in [0.2, 0.25) is 11.8 Å². The maximum atomic E-state index is 6.20. The van der Waals surface area contributed by atoms with Crippen LogP contribution >= 0.6 is 0 Å². The van der Waals surface area contributed by atoms with Gasteiger partial charge >= 0.3 is 0 Å². The van der Waals surface area contributed by atoms with Gasteiger partial charge in [0.05, 0.1) is 6.26 Å². The van der Waals surface area contributed by atoms with Crippen molar-refractivity contribution in [2.45, 2.75) is 33.7 Å². The number of fused-ring (bicyclic) bond motifs is 1. The zero-order chi connectivity index (χ0) is 19.7. The Balaban J connectivity index is 1.74. The van der Waals surface area contributed by atoms with Crippen molar-refractivity contribution in [3.8, 4) is 11.6 Å². The molecule has 0 unspecified atom stereocenters. The highest BCUT2D eigenvalue weighted by molar-refractivity contribution is 5.60. The predicted molar refractivity (Wildman–Crippen MR) is 110 cm³/mol. The molecule has 2 N–H and O–H groups in total. The van der Waals surface area contributed by atoms with Crippen molar-refractivity contribution < 1.29 is 4.42 Å². The molecule has 4 rings (SSSR count). The zero-order valence-corrected chi connectivity index (χ0v) is 16.4. The highest BCUT2D eigenvalue weighted by Crippen LogP contribution is 2.24. The van der Waals surface area contributed by atoms with E-state index in [0.717, 1.165) is 25.3 Å². The number of hydrogen-bond donors (Lipinski definition) is 1. The van der Waals surface area contributed by atoms with Crippen LogP contribution in [0.4, 0.5) is 11.8 Å². The molecule has 0 aliphatic carbocycles. The fourth-order valence-electron chi connectivity index (χ4n) is 3.40. The topological polar surface area (TPSA) is 85.5 Å². The van der Waals surface area contributed by atoms with Gasteiger partial charge in [-0.25, -0.2) is 4.98 Å². The van der Waals surface area contributed by atoms with E-state index < -0.39 is 0 Å². The average Bonchev–Trinajstić information content (AvgIpc) is 3.33. The van der Waals surface area contributed by atoms with Crippen LogP contribution < -0.4 is 10.6 Å². The number of hydrogen-bond acceptors (Lipinski definition) is 6. The Morgan fingerprint density at radius 2 is 1.89 bits per heavy atom. The standard InChI is InChI=1S/C21H24N6O/c1-4-10-26(13-16-14(2)7-5-8-15(16)3)18-12-19-23-20(17-9-6-11-28-17)25-27(19)21(22)24-18/h5-9,11-12H,4,10,13H2,1-3H3,(H2,22,24). The molecule has 0 amide bonds. The van der Waals surface area contributed by atoms with Crippen molar-refractivity contribution >= 4 is 17.4 Å². The molecule has 7 nitrogen and oxygen atoms in total. The van der Waals surface area contributed by atoms with E-state index >= 15 is 0 Å². The zero-order valence-electron chi connectivity index (χ0n) is 16.4. The largest absolute Gasteiger partial charge is 0.461 e. The van der Waals surface area contributed by atoms with Crippen LogP contribution in [-0.2, 0) is 6.54 Å². The summed E-state index contributed by atoms with van der Waals surface area (Å²) in [5, 5.41) is 4.42. The van der Waals surface area contributed by atoms with E-state index in [1.165, 1.54) is 16.7 Å². The van der Waals surface area contributed by atoms with E-state index in [1.54, 1.807) is 10.8 Å². The van der Waals surface area contributed by atoms with E-state index in [1.807, 2.05) is 18.2 Å². The van der Waals surface area contributed by atoms with Gasteiger partial charge < -0.3 is 15.1 Å². The molecule has 0 spiro atoms. The Bertz CT molecular complexity index is 1080. The van der Waals surface area contributed by atoms with Gasteiger partial charge in [0.25, 0.3) is 0 Å². The van der Waals surface area contributed by atoms with Gasteiger partial charge in [-0.05, 0) is 49.1 Å². The van der Waals surface area contributed by atoms with Crippen molar-refractivity contribution in [2.75, 3.05) is 17.2 Å². The molecule has 4 aromatic rings. The summed E-state index contributed by atoms with van der Waals surface area (Å²) < 4.78 is 6.95. The lowest BCUT2D eigenvalue weighted by atomic mass is 10.0. The van der Waals surface area contributed by atoms with Crippen LogP contribution in [0.3, 0.4) is 0 Å².